The third-order valence-corrected chi connectivity index (χ3v) is 3.26. The summed E-state index contributed by atoms with van der Waals surface area (Å²) in [5.41, 5.74) is 0.962. The Labute approximate surface area is 110 Å². The van der Waals surface area contributed by atoms with E-state index < -0.39 is 0 Å². The van der Waals surface area contributed by atoms with Crippen LogP contribution in [0.15, 0.2) is 18.2 Å². The van der Waals surface area contributed by atoms with Crippen LogP contribution in [0.2, 0.25) is 0 Å². The van der Waals surface area contributed by atoms with Gasteiger partial charge in [0.2, 0.25) is 6.79 Å². The van der Waals surface area contributed by atoms with Crippen LogP contribution in [0.5, 0.6) is 11.5 Å². The number of carbonyl (C=O) groups excluding carboxylic acids is 1. The number of nitrogens with zero attached hydrogens (tertiary/aromatic N) is 1. The Hall–Kier alpha value is -1.95. The summed E-state index contributed by atoms with van der Waals surface area (Å²) in [6.07, 6.45) is -0.115. The number of aliphatic hydroxyl groups excluding tert-OH is 1. The van der Waals surface area contributed by atoms with Crippen LogP contribution in [-0.2, 0) is 11.3 Å². The Balaban J connectivity index is 1.67. The zero-order valence-corrected chi connectivity index (χ0v) is 10.4. The van der Waals surface area contributed by atoms with Gasteiger partial charge in [0.25, 0.3) is 0 Å². The van der Waals surface area contributed by atoms with Gasteiger partial charge in [-0.3, -0.25) is 0 Å². The molecule has 2 aliphatic rings. The molecule has 1 aromatic carbocycles. The van der Waals surface area contributed by atoms with Gasteiger partial charge in [0.05, 0.1) is 6.61 Å². The lowest BCUT2D eigenvalue weighted by atomic mass is 10.1. The Morgan fingerprint density at radius 1 is 1.32 bits per heavy atom. The first-order valence-electron chi connectivity index (χ1n) is 6.21. The molecule has 3 rings (SSSR count). The number of aliphatic hydroxyl groups is 1. The number of hydrogen-bond donors (Lipinski definition) is 1. The average molecular weight is 265 g/mol. The van der Waals surface area contributed by atoms with E-state index in [1.165, 1.54) is 0 Å². The zero-order valence-electron chi connectivity index (χ0n) is 10.4. The predicted molar refractivity (Wildman–Crippen MR) is 64.9 cm³/mol. The third kappa shape index (κ3) is 2.44. The molecule has 0 bridgehead atoms. The van der Waals surface area contributed by atoms with Crippen LogP contribution in [0.1, 0.15) is 12.0 Å². The second kappa shape index (κ2) is 4.97. The Bertz CT molecular complexity index is 490. The highest BCUT2D eigenvalue weighted by Gasteiger charge is 2.26. The van der Waals surface area contributed by atoms with E-state index in [-0.39, 0.29) is 25.6 Å². The standard InChI is InChI=1S/C13H15NO5/c15-7-10-3-4-14(13(16)19-10)6-9-1-2-11-12(5-9)18-8-17-11/h1-2,5,10,15H,3-4,6-8H2. The predicted octanol–water partition coefficient (Wildman–Crippen LogP) is 1.12. The average Bonchev–Trinajstić information content (AvgIpc) is 2.88. The summed E-state index contributed by atoms with van der Waals surface area (Å²) in [4.78, 5) is 13.4. The molecule has 1 atom stereocenters. The van der Waals surface area contributed by atoms with E-state index in [1.807, 2.05) is 18.2 Å². The van der Waals surface area contributed by atoms with Crippen molar-refractivity contribution in [1.82, 2.24) is 4.90 Å². The summed E-state index contributed by atoms with van der Waals surface area (Å²) >= 11 is 0. The van der Waals surface area contributed by atoms with E-state index in [0.717, 1.165) is 11.3 Å². The van der Waals surface area contributed by atoms with Crippen molar-refractivity contribution in [3.63, 3.8) is 0 Å². The van der Waals surface area contributed by atoms with Gasteiger partial charge in [-0.2, -0.15) is 0 Å². The highest BCUT2D eigenvalue weighted by Crippen LogP contribution is 2.33. The Morgan fingerprint density at radius 2 is 2.16 bits per heavy atom. The molecule has 19 heavy (non-hydrogen) atoms. The Kier molecular flexibility index (Phi) is 3.16. The van der Waals surface area contributed by atoms with Crippen LogP contribution in [0.4, 0.5) is 4.79 Å². The van der Waals surface area contributed by atoms with Crippen LogP contribution in [0.25, 0.3) is 0 Å². The number of carbonyl (C=O) groups is 1. The molecule has 1 fully saturated rings. The first-order chi connectivity index (χ1) is 9.26. The van der Waals surface area contributed by atoms with Crippen molar-refractivity contribution >= 4 is 6.09 Å². The molecule has 0 aliphatic carbocycles. The smallest absolute Gasteiger partial charge is 0.410 e. The van der Waals surface area contributed by atoms with Crippen LogP contribution in [-0.4, -0.2) is 42.1 Å². The van der Waals surface area contributed by atoms with E-state index >= 15 is 0 Å². The highest BCUT2D eigenvalue weighted by atomic mass is 16.7. The summed E-state index contributed by atoms with van der Waals surface area (Å²) in [6.45, 7) is 1.17. The maximum Gasteiger partial charge on any atom is 0.410 e. The van der Waals surface area contributed by atoms with E-state index in [4.69, 9.17) is 19.3 Å². The molecule has 2 heterocycles. The molecule has 0 radical (unpaired) electrons. The molecule has 2 aliphatic heterocycles. The van der Waals surface area contributed by atoms with Gasteiger partial charge in [-0.05, 0) is 17.7 Å². The number of benzene rings is 1. The lowest BCUT2D eigenvalue weighted by Gasteiger charge is -2.30. The van der Waals surface area contributed by atoms with E-state index in [1.54, 1.807) is 4.90 Å². The minimum absolute atomic E-state index is 0.121. The van der Waals surface area contributed by atoms with Gasteiger partial charge in [-0.1, -0.05) is 6.07 Å². The molecule has 6 nitrogen and oxygen atoms in total. The molecule has 0 saturated carbocycles. The third-order valence-electron chi connectivity index (χ3n) is 3.26. The van der Waals surface area contributed by atoms with Crippen molar-refractivity contribution in [1.29, 1.82) is 0 Å². The number of rotatable bonds is 3. The number of ether oxygens (including phenoxy) is 3. The topological polar surface area (TPSA) is 68.2 Å². The summed E-state index contributed by atoms with van der Waals surface area (Å²) in [5.74, 6) is 1.43. The van der Waals surface area contributed by atoms with Gasteiger partial charge in [0.15, 0.2) is 11.5 Å². The number of hydrogen-bond acceptors (Lipinski definition) is 5. The fraction of sp³-hybridized carbons (Fsp3) is 0.462. The van der Waals surface area contributed by atoms with Gasteiger partial charge < -0.3 is 24.2 Å². The molecule has 1 unspecified atom stereocenters. The second-order valence-electron chi connectivity index (χ2n) is 4.59. The Morgan fingerprint density at radius 3 is 2.95 bits per heavy atom. The van der Waals surface area contributed by atoms with Crippen LogP contribution < -0.4 is 9.47 Å². The molecule has 6 heteroatoms. The van der Waals surface area contributed by atoms with Crippen LogP contribution in [0, 0.1) is 0 Å². The molecule has 0 aromatic heterocycles. The second-order valence-corrected chi connectivity index (χ2v) is 4.59. The highest BCUT2D eigenvalue weighted by molar-refractivity contribution is 5.68. The summed E-state index contributed by atoms with van der Waals surface area (Å²) < 4.78 is 15.6. The molecule has 1 saturated heterocycles. The fourth-order valence-electron chi connectivity index (χ4n) is 2.20. The van der Waals surface area contributed by atoms with Crippen molar-refractivity contribution in [3.05, 3.63) is 23.8 Å². The van der Waals surface area contributed by atoms with Crippen molar-refractivity contribution in [2.75, 3.05) is 19.9 Å². The van der Waals surface area contributed by atoms with Gasteiger partial charge in [0.1, 0.15) is 6.10 Å². The van der Waals surface area contributed by atoms with Crippen molar-refractivity contribution in [2.45, 2.75) is 19.1 Å². The van der Waals surface area contributed by atoms with Crippen molar-refractivity contribution in [3.8, 4) is 11.5 Å². The zero-order chi connectivity index (χ0) is 13.2. The summed E-state index contributed by atoms with van der Waals surface area (Å²) in [5, 5.41) is 8.96. The summed E-state index contributed by atoms with van der Waals surface area (Å²) in [7, 11) is 0. The SMILES string of the molecule is O=C1OC(CO)CCN1Cc1ccc2c(c1)OCO2. The first-order valence-corrected chi connectivity index (χ1v) is 6.21. The van der Waals surface area contributed by atoms with Gasteiger partial charge in [-0.15, -0.1) is 0 Å². The van der Waals surface area contributed by atoms with Crippen molar-refractivity contribution in [2.24, 2.45) is 0 Å². The maximum absolute atomic E-state index is 11.7. The monoisotopic (exact) mass is 265 g/mol. The molecule has 1 amide bonds. The lowest BCUT2D eigenvalue weighted by Crippen LogP contribution is -2.42. The fourth-order valence-corrected chi connectivity index (χ4v) is 2.20. The van der Waals surface area contributed by atoms with Gasteiger partial charge >= 0.3 is 6.09 Å². The number of fused-ring (bicyclic) bond motifs is 1. The molecule has 1 N–H and O–H groups in total. The number of cyclic esters (lactones) is 1. The molecular weight excluding hydrogens is 250 g/mol. The normalized spacial score (nSPS) is 21.4. The van der Waals surface area contributed by atoms with Crippen LogP contribution >= 0.6 is 0 Å². The minimum atomic E-state index is -0.386. The van der Waals surface area contributed by atoms with Crippen LogP contribution in [0.3, 0.4) is 0 Å². The quantitative estimate of drug-likeness (QED) is 0.887. The van der Waals surface area contributed by atoms with Crippen molar-refractivity contribution < 1.29 is 24.1 Å². The molecule has 0 spiro atoms. The largest absolute Gasteiger partial charge is 0.454 e. The maximum atomic E-state index is 11.7. The van der Waals surface area contributed by atoms with E-state index in [9.17, 15) is 4.79 Å². The van der Waals surface area contributed by atoms with Gasteiger partial charge in [0, 0.05) is 19.5 Å². The van der Waals surface area contributed by atoms with E-state index in [0.29, 0.717) is 25.3 Å². The summed E-state index contributed by atoms with van der Waals surface area (Å²) in [6, 6.07) is 5.61. The van der Waals surface area contributed by atoms with E-state index in [2.05, 4.69) is 0 Å². The minimum Gasteiger partial charge on any atom is -0.454 e. The molecular formula is C13H15NO5. The van der Waals surface area contributed by atoms with Gasteiger partial charge in [-0.25, -0.2) is 4.79 Å². The lowest BCUT2D eigenvalue weighted by molar-refractivity contribution is -0.00296. The first kappa shape index (κ1) is 12.1. The molecule has 1 aromatic rings. The molecule has 102 valence electrons. The number of amides is 1.